The monoisotopic (exact) mass is 263 g/mol. The largest absolute Gasteiger partial charge is 0.303 e. The molecule has 1 nitrogen and oxygen atoms in total. The maximum atomic E-state index is 13.2. The molecular formula is C15H18FNS. The molecule has 1 aromatic carbocycles. The summed E-state index contributed by atoms with van der Waals surface area (Å²) in [6.07, 6.45) is 0. The van der Waals surface area contributed by atoms with Crippen LogP contribution < -0.4 is 5.32 Å². The molecule has 0 amide bonds. The summed E-state index contributed by atoms with van der Waals surface area (Å²) < 4.78 is 13.2. The van der Waals surface area contributed by atoms with E-state index in [1.165, 1.54) is 15.8 Å². The Morgan fingerprint density at radius 2 is 1.89 bits per heavy atom. The molecule has 1 unspecified atom stereocenters. The van der Waals surface area contributed by atoms with Gasteiger partial charge < -0.3 is 5.32 Å². The Kier molecular flexibility index (Phi) is 4.15. The molecule has 0 radical (unpaired) electrons. The van der Waals surface area contributed by atoms with E-state index in [0.29, 0.717) is 0 Å². The fourth-order valence-corrected chi connectivity index (χ4v) is 2.90. The van der Waals surface area contributed by atoms with Crippen molar-refractivity contribution in [2.75, 3.05) is 0 Å². The van der Waals surface area contributed by atoms with Gasteiger partial charge in [0.05, 0.1) is 0 Å². The molecule has 18 heavy (non-hydrogen) atoms. The van der Waals surface area contributed by atoms with Crippen LogP contribution in [0.25, 0.3) is 0 Å². The van der Waals surface area contributed by atoms with Crippen molar-refractivity contribution in [2.45, 2.75) is 32.9 Å². The standard InChI is InChI=1S/C15H18FNS/c1-10-7-8-15(18-10)12(3)17-11(2)13-5-4-6-14(16)9-13/h4-9,11-12,17H,1-3H3/t11-,12?/m1/s1. The van der Waals surface area contributed by atoms with E-state index in [-0.39, 0.29) is 17.9 Å². The molecule has 1 N–H and O–H groups in total. The van der Waals surface area contributed by atoms with E-state index in [1.807, 2.05) is 6.07 Å². The van der Waals surface area contributed by atoms with Crippen LogP contribution in [0.1, 0.15) is 41.2 Å². The molecule has 1 aromatic heterocycles. The third-order valence-electron chi connectivity index (χ3n) is 3.04. The molecule has 96 valence electrons. The lowest BCUT2D eigenvalue weighted by Crippen LogP contribution is -2.21. The smallest absolute Gasteiger partial charge is 0.123 e. The number of halogens is 1. The lowest BCUT2D eigenvalue weighted by Gasteiger charge is -2.19. The van der Waals surface area contributed by atoms with Crippen LogP contribution >= 0.6 is 11.3 Å². The van der Waals surface area contributed by atoms with Crippen LogP contribution in [0.4, 0.5) is 4.39 Å². The van der Waals surface area contributed by atoms with Crippen molar-refractivity contribution >= 4 is 11.3 Å². The molecule has 0 aliphatic rings. The molecule has 2 atom stereocenters. The first-order valence-corrected chi connectivity index (χ1v) is 6.96. The maximum Gasteiger partial charge on any atom is 0.123 e. The van der Waals surface area contributed by atoms with Gasteiger partial charge in [0.2, 0.25) is 0 Å². The molecule has 1 heterocycles. The highest BCUT2D eigenvalue weighted by Gasteiger charge is 2.12. The second-order valence-corrected chi connectivity index (χ2v) is 5.93. The fourth-order valence-electron chi connectivity index (χ4n) is 2.02. The van der Waals surface area contributed by atoms with Crippen molar-refractivity contribution in [3.8, 4) is 0 Å². The summed E-state index contributed by atoms with van der Waals surface area (Å²) in [6.45, 7) is 6.31. The Bertz CT molecular complexity index is 521. The van der Waals surface area contributed by atoms with Gasteiger partial charge in [-0.2, -0.15) is 0 Å². The summed E-state index contributed by atoms with van der Waals surface area (Å²) in [5.41, 5.74) is 0.982. The number of benzene rings is 1. The highest BCUT2D eigenvalue weighted by Crippen LogP contribution is 2.25. The van der Waals surface area contributed by atoms with Gasteiger partial charge in [-0.15, -0.1) is 11.3 Å². The van der Waals surface area contributed by atoms with Crippen molar-refractivity contribution in [3.05, 3.63) is 57.5 Å². The van der Waals surface area contributed by atoms with E-state index in [2.05, 4.69) is 38.2 Å². The molecule has 0 aliphatic heterocycles. The summed E-state index contributed by atoms with van der Waals surface area (Å²) in [4.78, 5) is 2.63. The molecule has 0 bridgehead atoms. The van der Waals surface area contributed by atoms with Gasteiger partial charge in [-0.25, -0.2) is 4.39 Å². The quantitative estimate of drug-likeness (QED) is 0.849. The first kappa shape index (κ1) is 13.2. The minimum absolute atomic E-state index is 0.137. The van der Waals surface area contributed by atoms with Gasteiger partial charge in [-0.3, -0.25) is 0 Å². The van der Waals surface area contributed by atoms with Crippen LogP contribution in [-0.2, 0) is 0 Å². The van der Waals surface area contributed by atoms with Crippen molar-refractivity contribution < 1.29 is 4.39 Å². The third-order valence-corrected chi connectivity index (χ3v) is 4.22. The van der Waals surface area contributed by atoms with E-state index < -0.39 is 0 Å². The Balaban J connectivity index is 2.05. The van der Waals surface area contributed by atoms with Gasteiger partial charge in [-0.1, -0.05) is 12.1 Å². The summed E-state index contributed by atoms with van der Waals surface area (Å²) in [5.74, 6) is -0.180. The molecule has 2 aromatic rings. The lowest BCUT2D eigenvalue weighted by atomic mass is 10.1. The normalized spacial score (nSPS) is 14.4. The average molecular weight is 263 g/mol. The minimum atomic E-state index is -0.180. The Hall–Kier alpha value is -1.19. The maximum absolute atomic E-state index is 13.2. The summed E-state index contributed by atoms with van der Waals surface area (Å²) in [7, 11) is 0. The van der Waals surface area contributed by atoms with Crippen molar-refractivity contribution in [1.82, 2.24) is 5.32 Å². The van der Waals surface area contributed by atoms with Crippen molar-refractivity contribution in [2.24, 2.45) is 0 Å². The van der Waals surface area contributed by atoms with E-state index >= 15 is 0 Å². The second-order valence-electron chi connectivity index (χ2n) is 4.61. The first-order chi connectivity index (χ1) is 8.56. The molecule has 0 saturated heterocycles. The van der Waals surface area contributed by atoms with E-state index in [4.69, 9.17) is 0 Å². The molecule has 3 heteroatoms. The molecule has 0 fully saturated rings. The second kappa shape index (κ2) is 5.63. The van der Waals surface area contributed by atoms with Crippen LogP contribution in [0.15, 0.2) is 36.4 Å². The predicted molar refractivity (Wildman–Crippen MR) is 75.4 cm³/mol. The minimum Gasteiger partial charge on any atom is -0.303 e. The fraction of sp³-hybridized carbons (Fsp3) is 0.333. The average Bonchev–Trinajstić information content (AvgIpc) is 2.76. The number of hydrogen-bond donors (Lipinski definition) is 1. The van der Waals surface area contributed by atoms with Crippen molar-refractivity contribution in [3.63, 3.8) is 0 Å². The zero-order chi connectivity index (χ0) is 13.1. The van der Waals surface area contributed by atoms with Gasteiger partial charge in [0.15, 0.2) is 0 Å². The molecule has 2 rings (SSSR count). The van der Waals surface area contributed by atoms with E-state index in [1.54, 1.807) is 23.5 Å². The number of aryl methyl sites for hydroxylation is 1. The number of thiophene rings is 1. The van der Waals surface area contributed by atoms with Gasteiger partial charge in [0.1, 0.15) is 5.82 Å². The summed E-state index contributed by atoms with van der Waals surface area (Å²) >= 11 is 1.80. The highest BCUT2D eigenvalue weighted by atomic mass is 32.1. The molecule has 0 aliphatic carbocycles. The lowest BCUT2D eigenvalue weighted by molar-refractivity contribution is 0.497. The zero-order valence-corrected chi connectivity index (χ0v) is 11.7. The highest BCUT2D eigenvalue weighted by molar-refractivity contribution is 7.12. The van der Waals surface area contributed by atoms with Gasteiger partial charge in [0.25, 0.3) is 0 Å². The van der Waals surface area contributed by atoms with Gasteiger partial charge in [-0.05, 0) is 50.6 Å². The van der Waals surface area contributed by atoms with E-state index in [0.717, 1.165) is 5.56 Å². The Morgan fingerprint density at radius 3 is 2.50 bits per heavy atom. The first-order valence-electron chi connectivity index (χ1n) is 6.14. The predicted octanol–water partition coefficient (Wildman–Crippen LogP) is 4.61. The summed E-state index contributed by atoms with van der Waals surface area (Å²) in [5, 5.41) is 3.50. The van der Waals surface area contributed by atoms with Gasteiger partial charge >= 0.3 is 0 Å². The van der Waals surface area contributed by atoms with Crippen LogP contribution in [0.2, 0.25) is 0 Å². The zero-order valence-electron chi connectivity index (χ0n) is 10.9. The van der Waals surface area contributed by atoms with Crippen LogP contribution in [0.5, 0.6) is 0 Å². The van der Waals surface area contributed by atoms with Crippen LogP contribution in [-0.4, -0.2) is 0 Å². The van der Waals surface area contributed by atoms with Crippen LogP contribution in [0.3, 0.4) is 0 Å². The number of nitrogens with one attached hydrogen (secondary N) is 1. The SMILES string of the molecule is Cc1ccc(C(C)N[C@H](C)c2cccc(F)c2)s1. The van der Waals surface area contributed by atoms with Crippen LogP contribution in [0, 0.1) is 12.7 Å². The van der Waals surface area contributed by atoms with E-state index in [9.17, 15) is 4.39 Å². The topological polar surface area (TPSA) is 12.0 Å². The third kappa shape index (κ3) is 3.18. The van der Waals surface area contributed by atoms with Gasteiger partial charge in [0, 0.05) is 21.8 Å². The molecule has 0 spiro atoms. The Morgan fingerprint density at radius 1 is 1.11 bits per heavy atom. The Labute approximate surface area is 112 Å². The summed E-state index contributed by atoms with van der Waals surface area (Å²) in [6, 6.07) is 11.5. The molecular weight excluding hydrogens is 245 g/mol. The molecule has 0 saturated carbocycles. The number of rotatable bonds is 4. The van der Waals surface area contributed by atoms with Crippen molar-refractivity contribution in [1.29, 1.82) is 0 Å². The number of hydrogen-bond acceptors (Lipinski definition) is 2.